The highest BCUT2D eigenvalue weighted by molar-refractivity contribution is 5.49. The molecule has 1 heterocycles. The molecular weight excluding hydrogens is 204 g/mol. The van der Waals surface area contributed by atoms with Gasteiger partial charge in [-0.05, 0) is 25.5 Å². The Morgan fingerprint density at radius 3 is 2.94 bits per heavy atom. The van der Waals surface area contributed by atoms with Crippen LogP contribution in [0.4, 0.5) is 5.82 Å². The van der Waals surface area contributed by atoms with Crippen LogP contribution in [-0.2, 0) is 4.74 Å². The number of ether oxygens (including phenoxy) is 2. The van der Waals surface area contributed by atoms with Crippen molar-refractivity contribution < 1.29 is 9.47 Å². The smallest absolute Gasteiger partial charge is 0.168 e. The van der Waals surface area contributed by atoms with E-state index in [4.69, 9.17) is 9.47 Å². The molecule has 0 unspecified atom stereocenters. The number of pyridine rings is 1. The molecule has 0 aliphatic heterocycles. The molecule has 0 atom stereocenters. The molecule has 4 heteroatoms. The van der Waals surface area contributed by atoms with E-state index < -0.39 is 0 Å². The summed E-state index contributed by atoms with van der Waals surface area (Å²) in [6, 6.07) is 3.80. The minimum absolute atomic E-state index is 0.681. The maximum Gasteiger partial charge on any atom is 0.168 e. The van der Waals surface area contributed by atoms with Gasteiger partial charge < -0.3 is 14.8 Å². The van der Waals surface area contributed by atoms with E-state index in [1.165, 1.54) is 0 Å². The maximum atomic E-state index is 5.58. The highest BCUT2D eigenvalue weighted by atomic mass is 16.5. The summed E-state index contributed by atoms with van der Waals surface area (Å²) < 4.78 is 10.8. The van der Waals surface area contributed by atoms with Crippen LogP contribution in [0.2, 0.25) is 0 Å². The van der Waals surface area contributed by atoms with Crippen molar-refractivity contribution in [3.05, 3.63) is 18.3 Å². The first-order valence-corrected chi connectivity index (χ1v) is 5.78. The van der Waals surface area contributed by atoms with Gasteiger partial charge in [0.15, 0.2) is 11.6 Å². The Kier molecular flexibility index (Phi) is 6.33. The van der Waals surface area contributed by atoms with E-state index in [2.05, 4.69) is 17.2 Å². The average molecular weight is 224 g/mol. The normalized spacial score (nSPS) is 10.1. The van der Waals surface area contributed by atoms with Gasteiger partial charge in [0.25, 0.3) is 0 Å². The van der Waals surface area contributed by atoms with Crippen LogP contribution in [0.25, 0.3) is 0 Å². The first-order chi connectivity index (χ1) is 7.88. The van der Waals surface area contributed by atoms with Crippen LogP contribution < -0.4 is 10.1 Å². The van der Waals surface area contributed by atoms with Gasteiger partial charge in [-0.1, -0.05) is 6.92 Å². The summed E-state index contributed by atoms with van der Waals surface area (Å²) in [5.41, 5.74) is 0. The molecule has 0 fully saturated rings. The highest BCUT2D eigenvalue weighted by Gasteiger charge is 2.02. The van der Waals surface area contributed by atoms with Crippen molar-refractivity contribution >= 4 is 5.82 Å². The van der Waals surface area contributed by atoms with Gasteiger partial charge in [-0.3, -0.25) is 0 Å². The summed E-state index contributed by atoms with van der Waals surface area (Å²) in [5.74, 6) is 1.59. The van der Waals surface area contributed by atoms with Crippen molar-refractivity contribution in [1.29, 1.82) is 0 Å². The van der Waals surface area contributed by atoms with Gasteiger partial charge in [0, 0.05) is 19.3 Å². The predicted octanol–water partition coefficient (Wildman–Crippen LogP) is 2.32. The molecule has 0 aromatic carbocycles. The monoisotopic (exact) mass is 224 g/mol. The van der Waals surface area contributed by atoms with Crippen molar-refractivity contribution in [2.24, 2.45) is 0 Å². The number of aromatic nitrogens is 1. The summed E-state index contributed by atoms with van der Waals surface area (Å²) in [7, 11) is 0. The Hall–Kier alpha value is -1.29. The lowest BCUT2D eigenvalue weighted by Crippen LogP contribution is -2.11. The van der Waals surface area contributed by atoms with Crippen molar-refractivity contribution in [3.63, 3.8) is 0 Å². The SMILES string of the molecule is CCCOc1cccnc1NCCOCC. The molecule has 1 N–H and O–H groups in total. The van der Waals surface area contributed by atoms with Crippen LogP contribution >= 0.6 is 0 Å². The van der Waals surface area contributed by atoms with Crippen LogP contribution in [0.5, 0.6) is 5.75 Å². The summed E-state index contributed by atoms with van der Waals surface area (Å²) in [4.78, 5) is 4.24. The summed E-state index contributed by atoms with van der Waals surface area (Å²) in [5, 5.41) is 3.20. The minimum Gasteiger partial charge on any atom is -0.490 e. The molecule has 0 radical (unpaired) electrons. The lowest BCUT2D eigenvalue weighted by Gasteiger charge is -2.11. The standard InChI is InChI=1S/C12H20N2O2/c1-3-9-16-11-6-5-7-13-12(11)14-8-10-15-4-2/h5-7H,3-4,8-10H2,1-2H3,(H,13,14). The number of nitrogens with one attached hydrogen (secondary N) is 1. The molecule has 0 amide bonds. The van der Waals surface area contributed by atoms with E-state index in [0.29, 0.717) is 13.2 Å². The zero-order valence-electron chi connectivity index (χ0n) is 10.0. The molecule has 1 rings (SSSR count). The second-order valence-corrected chi connectivity index (χ2v) is 3.32. The van der Waals surface area contributed by atoms with Crippen LogP contribution in [-0.4, -0.2) is 31.3 Å². The fourth-order valence-electron chi connectivity index (χ4n) is 1.24. The summed E-state index contributed by atoms with van der Waals surface area (Å²) >= 11 is 0. The molecule has 16 heavy (non-hydrogen) atoms. The highest BCUT2D eigenvalue weighted by Crippen LogP contribution is 2.20. The van der Waals surface area contributed by atoms with E-state index in [-0.39, 0.29) is 0 Å². The fraction of sp³-hybridized carbons (Fsp3) is 0.583. The van der Waals surface area contributed by atoms with Gasteiger partial charge in [-0.25, -0.2) is 4.98 Å². The van der Waals surface area contributed by atoms with Gasteiger partial charge >= 0.3 is 0 Å². The molecule has 0 saturated carbocycles. The van der Waals surface area contributed by atoms with Gasteiger partial charge in [-0.15, -0.1) is 0 Å². The average Bonchev–Trinajstić information content (AvgIpc) is 2.33. The number of anilines is 1. The van der Waals surface area contributed by atoms with Crippen LogP contribution in [0.1, 0.15) is 20.3 Å². The first kappa shape index (κ1) is 12.8. The molecule has 4 nitrogen and oxygen atoms in total. The van der Waals surface area contributed by atoms with Crippen LogP contribution in [0, 0.1) is 0 Å². The zero-order valence-corrected chi connectivity index (χ0v) is 10.0. The maximum absolute atomic E-state index is 5.58. The number of hydrogen-bond acceptors (Lipinski definition) is 4. The molecule has 0 bridgehead atoms. The van der Waals surface area contributed by atoms with Crippen molar-refractivity contribution in [2.45, 2.75) is 20.3 Å². The molecule has 1 aromatic rings. The fourth-order valence-corrected chi connectivity index (χ4v) is 1.24. The molecule has 1 aromatic heterocycles. The van der Waals surface area contributed by atoms with Crippen molar-refractivity contribution in [2.75, 3.05) is 31.7 Å². The van der Waals surface area contributed by atoms with Gasteiger partial charge in [0.1, 0.15) is 0 Å². The predicted molar refractivity (Wildman–Crippen MR) is 65.0 cm³/mol. The summed E-state index contributed by atoms with van der Waals surface area (Å²) in [6.45, 7) is 6.94. The second kappa shape index (κ2) is 7.93. The van der Waals surface area contributed by atoms with Gasteiger partial charge in [0.2, 0.25) is 0 Å². The van der Waals surface area contributed by atoms with E-state index in [9.17, 15) is 0 Å². The Morgan fingerprint density at radius 1 is 1.31 bits per heavy atom. The minimum atomic E-state index is 0.681. The van der Waals surface area contributed by atoms with E-state index >= 15 is 0 Å². The van der Waals surface area contributed by atoms with Gasteiger partial charge in [0.05, 0.1) is 13.2 Å². The molecule has 0 aliphatic carbocycles. The third-order valence-electron chi connectivity index (χ3n) is 1.98. The number of rotatable bonds is 8. The topological polar surface area (TPSA) is 43.4 Å². The molecule has 90 valence electrons. The Morgan fingerprint density at radius 2 is 2.19 bits per heavy atom. The summed E-state index contributed by atoms with van der Waals surface area (Å²) in [6.07, 6.45) is 2.75. The second-order valence-electron chi connectivity index (χ2n) is 3.32. The lowest BCUT2D eigenvalue weighted by atomic mass is 10.4. The number of nitrogens with zero attached hydrogens (tertiary/aromatic N) is 1. The quantitative estimate of drug-likeness (QED) is 0.688. The third-order valence-corrected chi connectivity index (χ3v) is 1.98. The molecule has 0 aliphatic rings. The van der Waals surface area contributed by atoms with E-state index in [1.807, 2.05) is 19.1 Å². The zero-order chi connectivity index (χ0) is 11.6. The first-order valence-electron chi connectivity index (χ1n) is 5.78. The van der Waals surface area contributed by atoms with Crippen molar-refractivity contribution in [1.82, 2.24) is 4.98 Å². The van der Waals surface area contributed by atoms with Crippen LogP contribution in [0.3, 0.4) is 0 Å². The molecule has 0 saturated heterocycles. The molecular formula is C12H20N2O2. The van der Waals surface area contributed by atoms with Gasteiger partial charge in [-0.2, -0.15) is 0 Å². The largest absolute Gasteiger partial charge is 0.490 e. The van der Waals surface area contributed by atoms with Crippen molar-refractivity contribution in [3.8, 4) is 5.75 Å². The van der Waals surface area contributed by atoms with Crippen LogP contribution in [0.15, 0.2) is 18.3 Å². The lowest BCUT2D eigenvalue weighted by molar-refractivity contribution is 0.158. The number of hydrogen-bond donors (Lipinski definition) is 1. The van der Waals surface area contributed by atoms with E-state index in [0.717, 1.165) is 31.1 Å². The molecule has 0 spiro atoms. The third kappa shape index (κ3) is 4.49. The Labute approximate surface area is 97.0 Å². The Balaban J connectivity index is 2.43. The van der Waals surface area contributed by atoms with E-state index in [1.54, 1.807) is 6.20 Å². The Bertz CT molecular complexity index is 292.